The Hall–Kier alpha value is -1.75. The minimum atomic E-state index is -0.664. The minimum absolute atomic E-state index is 0.176. The number of likely N-dealkylation sites (tertiary alicyclic amines) is 1. The van der Waals surface area contributed by atoms with E-state index >= 15 is 0 Å². The standard InChI is InChI=1S/C17H22F2N2O/c1-3-21-11-9-13(10-12-21)20(2)17(22)8-7-14-15(18)5-4-6-16(14)19/h4-8,13H,3,9-12H2,1-2H3. The zero-order valence-electron chi connectivity index (χ0n) is 13.1. The molecule has 0 saturated carbocycles. The van der Waals surface area contributed by atoms with Crippen molar-refractivity contribution < 1.29 is 13.6 Å². The molecule has 1 saturated heterocycles. The monoisotopic (exact) mass is 308 g/mol. The van der Waals surface area contributed by atoms with Crippen molar-refractivity contribution in [2.24, 2.45) is 0 Å². The van der Waals surface area contributed by atoms with Crippen LogP contribution in [0, 0.1) is 11.6 Å². The molecule has 120 valence electrons. The van der Waals surface area contributed by atoms with Crippen molar-refractivity contribution in [3.8, 4) is 0 Å². The van der Waals surface area contributed by atoms with Crippen LogP contribution in [-0.2, 0) is 4.79 Å². The molecule has 1 aromatic carbocycles. The number of piperidine rings is 1. The van der Waals surface area contributed by atoms with Crippen molar-refractivity contribution in [1.82, 2.24) is 9.80 Å². The van der Waals surface area contributed by atoms with E-state index in [4.69, 9.17) is 0 Å². The fourth-order valence-electron chi connectivity index (χ4n) is 2.74. The zero-order valence-corrected chi connectivity index (χ0v) is 13.1. The molecule has 1 fully saturated rings. The van der Waals surface area contributed by atoms with Crippen LogP contribution in [0.3, 0.4) is 0 Å². The Kier molecular flexibility index (Phi) is 5.66. The van der Waals surface area contributed by atoms with Gasteiger partial charge in [0.1, 0.15) is 11.6 Å². The van der Waals surface area contributed by atoms with Crippen molar-refractivity contribution in [3.05, 3.63) is 41.5 Å². The second-order valence-corrected chi connectivity index (χ2v) is 5.58. The number of amides is 1. The van der Waals surface area contributed by atoms with Gasteiger partial charge in [-0.05, 0) is 37.6 Å². The van der Waals surface area contributed by atoms with Gasteiger partial charge in [0.2, 0.25) is 5.91 Å². The van der Waals surface area contributed by atoms with E-state index in [0.29, 0.717) is 0 Å². The van der Waals surface area contributed by atoms with Gasteiger partial charge in [-0.25, -0.2) is 8.78 Å². The molecule has 1 aliphatic rings. The zero-order chi connectivity index (χ0) is 16.1. The molecule has 0 radical (unpaired) electrons. The molecule has 0 aliphatic carbocycles. The molecule has 22 heavy (non-hydrogen) atoms. The normalized spacial score (nSPS) is 17.1. The van der Waals surface area contributed by atoms with Crippen molar-refractivity contribution >= 4 is 12.0 Å². The van der Waals surface area contributed by atoms with E-state index in [0.717, 1.165) is 32.5 Å². The van der Waals surface area contributed by atoms with Gasteiger partial charge < -0.3 is 9.80 Å². The summed E-state index contributed by atoms with van der Waals surface area (Å²) < 4.78 is 27.0. The topological polar surface area (TPSA) is 23.6 Å². The van der Waals surface area contributed by atoms with E-state index in [1.165, 1.54) is 30.4 Å². The highest BCUT2D eigenvalue weighted by Crippen LogP contribution is 2.17. The number of benzene rings is 1. The third-order valence-electron chi connectivity index (χ3n) is 4.29. The highest BCUT2D eigenvalue weighted by atomic mass is 19.1. The highest BCUT2D eigenvalue weighted by Gasteiger charge is 2.23. The van der Waals surface area contributed by atoms with Gasteiger partial charge in [-0.1, -0.05) is 13.0 Å². The first kappa shape index (κ1) is 16.6. The third-order valence-corrected chi connectivity index (χ3v) is 4.29. The summed E-state index contributed by atoms with van der Waals surface area (Å²) in [6.07, 6.45) is 4.31. The number of halogens is 2. The van der Waals surface area contributed by atoms with Gasteiger partial charge in [-0.2, -0.15) is 0 Å². The lowest BCUT2D eigenvalue weighted by molar-refractivity contribution is -0.127. The summed E-state index contributed by atoms with van der Waals surface area (Å²) in [6.45, 7) is 5.10. The van der Waals surface area contributed by atoms with Gasteiger partial charge in [-0.15, -0.1) is 0 Å². The first-order valence-electron chi connectivity index (χ1n) is 7.64. The maximum atomic E-state index is 13.5. The van der Waals surface area contributed by atoms with Crippen LogP contribution in [0.1, 0.15) is 25.3 Å². The number of likely N-dealkylation sites (N-methyl/N-ethyl adjacent to an activating group) is 1. The molecule has 3 nitrogen and oxygen atoms in total. The number of carbonyl (C=O) groups excluding carboxylic acids is 1. The van der Waals surface area contributed by atoms with E-state index < -0.39 is 11.6 Å². The minimum Gasteiger partial charge on any atom is -0.339 e. The van der Waals surface area contributed by atoms with Crippen LogP contribution in [-0.4, -0.2) is 48.4 Å². The molecule has 1 amide bonds. The Balaban J connectivity index is 1.98. The van der Waals surface area contributed by atoms with Gasteiger partial charge >= 0.3 is 0 Å². The second-order valence-electron chi connectivity index (χ2n) is 5.58. The number of hydrogen-bond donors (Lipinski definition) is 0. The quantitative estimate of drug-likeness (QED) is 0.799. The van der Waals surface area contributed by atoms with Crippen LogP contribution < -0.4 is 0 Å². The Morgan fingerprint density at radius 2 is 1.91 bits per heavy atom. The van der Waals surface area contributed by atoms with Crippen molar-refractivity contribution in [3.63, 3.8) is 0 Å². The van der Waals surface area contributed by atoms with Gasteiger partial charge in [0.25, 0.3) is 0 Å². The van der Waals surface area contributed by atoms with Crippen LogP contribution in [0.5, 0.6) is 0 Å². The summed E-state index contributed by atoms with van der Waals surface area (Å²) in [7, 11) is 1.75. The van der Waals surface area contributed by atoms with Gasteiger partial charge in [-0.3, -0.25) is 4.79 Å². The second kappa shape index (κ2) is 7.49. The largest absolute Gasteiger partial charge is 0.339 e. The maximum Gasteiger partial charge on any atom is 0.246 e. The summed E-state index contributed by atoms with van der Waals surface area (Å²) in [5.74, 6) is -1.55. The van der Waals surface area contributed by atoms with E-state index in [1.807, 2.05) is 0 Å². The average Bonchev–Trinajstić information content (AvgIpc) is 2.53. The number of carbonyl (C=O) groups is 1. The third kappa shape index (κ3) is 3.91. The molecule has 0 atom stereocenters. The highest BCUT2D eigenvalue weighted by molar-refractivity contribution is 5.91. The average molecular weight is 308 g/mol. The number of nitrogens with zero attached hydrogens (tertiary/aromatic N) is 2. The van der Waals surface area contributed by atoms with Crippen molar-refractivity contribution in [1.29, 1.82) is 0 Å². The van der Waals surface area contributed by atoms with Gasteiger partial charge in [0.15, 0.2) is 0 Å². The van der Waals surface area contributed by atoms with Crippen LogP contribution >= 0.6 is 0 Å². The Labute approximate surface area is 130 Å². The fraction of sp³-hybridized carbons (Fsp3) is 0.471. The molecule has 0 N–H and O–H groups in total. The molecule has 1 heterocycles. The molecule has 2 rings (SSSR count). The fourth-order valence-corrected chi connectivity index (χ4v) is 2.74. The van der Waals surface area contributed by atoms with E-state index in [1.54, 1.807) is 11.9 Å². The summed E-state index contributed by atoms with van der Waals surface area (Å²) in [5, 5.41) is 0. The lowest BCUT2D eigenvalue weighted by atomic mass is 10.0. The summed E-state index contributed by atoms with van der Waals surface area (Å²) in [6, 6.07) is 3.84. The first-order valence-corrected chi connectivity index (χ1v) is 7.64. The molecule has 0 bridgehead atoms. The number of hydrogen-bond acceptors (Lipinski definition) is 2. The summed E-state index contributed by atoms with van der Waals surface area (Å²) in [5.41, 5.74) is -0.176. The Bertz CT molecular complexity index is 531. The molecule has 1 aliphatic heterocycles. The van der Waals surface area contributed by atoms with Crippen LogP contribution in [0.4, 0.5) is 8.78 Å². The van der Waals surface area contributed by atoms with Gasteiger partial charge in [0, 0.05) is 37.8 Å². The predicted octanol–water partition coefficient (Wildman–Crippen LogP) is 2.92. The molecule has 0 aromatic heterocycles. The lowest BCUT2D eigenvalue weighted by Gasteiger charge is -2.35. The van der Waals surface area contributed by atoms with E-state index in [2.05, 4.69) is 11.8 Å². The smallest absolute Gasteiger partial charge is 0.246 e. The molecule has 5 heteroatoms. The summed E-state index contributed by atoms with van der Waals surface area (Å²) in [4.78, 5) is 16.2. The molecular formula is C17H22F2N2O. The van der Waals surface area contributed by atoms with Crippen LogP contribution in [0.15, 0.2) is 24.3 Å². The van der Waals surface area contributed by atoms with E-state index in [-0.39, 0.29) is 17.5 Å². The number of rotatable bonds is 4. The van der Waals surface area contributed by atoms with Gasteiger partial charge in [0.05, 0.1) is 0 Å². The SMILES string of the molecule is CCN1CCC(N(C)C(=O)C=Cc2c(F)cccc2F)CC1. The first-order chi connectivity index (χ1) is 10.5. The van der Waals surface area contributed by atoms with Crippen molar-refractivity contribution in [2.45, 2.75) is 25.8 Å². The summed E-state index contributed by atoms with van der Waals surface area (Å²) >= 11 is 0. The Morgan fingerprint density at radius 3 is 2.45 bits per heavy atom. The van der Waals surface area contributed by atoms with Crippen LogP contribution in [0.2, 0.25) is 0 Å². The Morgan fingerprint density at radius 1 is 1.32 bits per heavy atom. The molecular weight excluding hydrogens is 286 g/mol. The van der Waals surface area contributed by atoms with Crippen molar-refractivity contribution in [2.75, 3.05) is 26.7 Å². The van der Waals surface area contributed by atoms with E-state index in [9.17, 15) is 13.6 Å². The maximum absolute atomic E-state index is 13.5. The molecule has 0 spiro atoms. The molecule has 1 aromatic rings. The lowest BCUT2D eigenvalue weighted by Crippen LogP contribution is -2.45. The van der Waals surface area contributed by atoms with Crippen LogP contribution in [0.25, 0.3) is 6.08 Å². The predicted molar refractivity (Wildman–Crippen MR) is 83.3 cm³/mol. The molecule has 0 unspecified atom stereocenters.